The summed E-state index contributed by atoms with van der Waals surface area (Å²) in [5.74, 6) is 0.0621. The van der Waals surface area contributed by atoms with E-state index >= 15 is 0 Å². The van der Waals surface area contributed by atoms with Crippen molar-refractivity contribution in [2.45, 2.75) is 46.6 Å². The molecule has 0 heterocycles. The molecule has 3 N–H and O–H groups in total. The van der Waals surface area contributed by atoms with Crippen molar-refractivity contribution in [3.8, 4) is 0 Å². The fourth-order valence-corrected chi connectivity index (χ4v) is 1.12. The Balaban J connectivity index is 3.52. The monoisotopic (exact) mass is 230 g/mol. The Labute approximate surface area is 98.8 Å². The van der Waals surface area contributed by atoms with E-state index in [0.29, 0.717) is 19.0 Å². The Morgan fingerprint density at radius 2 is 2.00 bits per heavy atom. The van der Waals surface area contributed by atoms with Crippen molar-refractivity contribution in [2.75, 3.05) is 19.7 Å². The first-order valence-electron chi connectivity index (χ1n) is 5.98. The van der Waals surface area contributed by atoms with Crippen molar-refractivity contribution in [1.29, 1.82) is 0 Å². The van der Waals surface area contributed by atoms with E-state index in [4.69, 9.17) is 5.11 Å². The molecule has 0 unspecified atom stereocenters. The number of nitrogens with one attached hydrogen (secondary N) is 2. The van der Waals surface area contributed by atoms with Gasteiger partial charge in [0.2, 0.25) is 5.91 Å². The van der Waals surface area contributed by atoms with E-state index in [2.05, 4.69) is 24.5 Å². The number of rotatable bonds is 8. The molecule has 0 fully saturated rings. The van der Waals surface area contributed by atoms with Gasteiger partial charge in [-0.1, -0.05) is 27.7 Å². The normalized spacial score (nSPS) is 11.9. The second kappa shape index (κ2) is 7.63. The lowest BCUT2D eigenvalue weighted by atomic mass is 9.95. The summed E-state index contributed by atoms with van der Waals surface area (Å²) >= 11 is 0. The summed E-state index contributed by atoms with van der Waals surface area (Å²) < 4.78 is 0. The van der Waals surface area contributed by atoms with Crippen LogP contribution < -0.4 is 10.6 Å². The van der Waals surface area contributed by atoms with Gasteiger partial charge in [0.25, 0.3) is 0 Å². The highest BCUT2D eigenvalue weighted by atomic mass is 16.3. The van der Waals surface area contributed by atoms with E-state index in [0.717, 1.165) is 13.0 Å². The molecule has 0 radical (unpaired) electrons. The average molecular weight is 230 g/mol. The van der Waals surface area contributed by atoms with E-state index in [1.807, 2.05) is 13.8 Å². The lowest BCUT2D eigenvalue weighted by Crippen LogP contribution is -2.36. The van der Waals surface area contributed by atoms with Crippen molar-refractivity contribution in [3.63, 3.8) is 0 Å². The van der Waals surface area contributed by atoms with Gasteiger partial charge in [-0.25, -0.2) is 0 Å². The molecule has 0 aromatic heterocycles. The topological polar surface area (TPSA) is 61.4 Å². The number of aliphatic hydroxyl groups excluding tert-OH is 1. The van der Waals surface area contributed by atoms with Gasteiger partial charge in [-0.3, -0.25) is 4.79 Å². The van der Waals surface area contributed by atoms with E-state index in [9.17, 15) is 4.79 Å². The highest BCUT2D eigenvalue weighted by molar-refractivity contribution is 5.75. The number of carbonyl (C=O) groups is 1. The summed E-state index contributed by atoms with van der Waals surface area (Å²) in [7, 11) is 0. The number of aliphatic hydroxyl groups is 1. The summed E-state index contributed by atoms with van der Waals surface area (Å²) in [6.45, 7) is 9.51. The van der Waals surface area contributed by atoms with Gasteiger partial charge in [0.05, 0.1) is 0 Å². The quantitative estimate of drug-likeness (QED) is 0.543. The smallest absolute Gasteiger partial charge is 0.220 e. The van der Waals surface area contributed by atoms with Crippen molar-refractivity contribution in [2.24, 2.45) is 5.41 Å². The van der Waals surface area contributed by atoms with Crippen molar-refractivity contribution >= 4 is 5.91 Å². The van der Waals surface area contributed by atoms with Crippen LogP contribution in [0.5, 0.6) is 0 Å². The predicted molar refractivity (Wildman–Crippen MR) is 66.2 cm³/mol. The molecule has 0 aliphatic carbocycles. The second-order valence-corrected chi connectivity index (χ2v) is 5.31. The molecule has 0 rings (SSSR count). The Morgan fingerprint density at radius 3 is 2.50 bits per heavy atom. The average Bonchev–Trinajstić information content (AvgIpc) is 2.21. The third-order valence-corrected chi connectivity index (χ3v) is 2.33. The van der Waals surface area contributed by atoms with Crippen molar-refractivity contribution in [1.82, 2.24) is 10.6 Å². The SMILES string of the molecule is CC(C)NCCCC(=O)NCC(C)(C)CO. The highest BCUT2D eigenvalue weighted by Gasteiger charge is 2.16. The fraction of sp³-hybridized carbons (Fsp3) is 0.917. The summed E-state index contributed by atoms with van der Waals surface area (Å²) in [6.07, 6.45) is 1.39. The number of hydrogen-bond acceptors (Lipinski definition) is 3. The van der Waals surface area contributed by atoms with Gasteiger partial charge in [0.15, 0.2) is 0 Å². The minimum Gasteiger partial charge on any atom is -0.396 e. The third kappa shape index (κ3) is 8.68. The first-order chi connectivity index (χ1) is 7.37. The zero-order chi connectivity index (χ0) is 12.6. The molecule has 0 aliphatic rings. The zero-order valence-corrected chi connectivity index (χ0v) is 11.0. The molecule has 0 spiro atoms. The van der Waals surface area contributed by atoms with Gasteiger partial charge in [0, 0.05) is 31.0 Å². The van der Waals surface area contributed by atoms with Crippen LogP contribution in [0.15, 0.2) is 0 Å². The van der Waals surface area contributed by atoms with Crippen LogP contribution in [0.4, 0.5) is 0 Å². The minimum atomic E-state index is -0.230. The lowest BCUT2D eigenvalue weighted by molar-refractivity contribution is -0.121. The zero-order valence-electron chi connectivity index (χ0n) is 11.0. The molecule has 0 aliphatic heterocycles. The lowest BCUT2D eigenvalue weighted by Gasteiger charge is -2.21. The van der Waals surface area contributed by atoms with E-state index < -0.39 is 0 Å². The van der Waals surface area contributed by atoms with Gasteiger partial charge in [0.1, 0.15) is 0 Å². The van der Waals surface area contributed by atoms with Crippen molar-refractivity contribution < 1.29 is 9.90 Å². The van der Waals surface area contributed by atoms with Crippen LogP contribution >= 0.6 is 0 Å². The maximum Gasteiger partial charge on any atom is 0.220 e. The van der Waals surface area contributed by atoms with Gasteiger partial charge >= 0.3 is 0 Å². The van der Waals surface area contributed by atoms with Crippen LogP contribution in [-0.4, -0.2) is 36.8 Å². The third-order valence-electron chi connectivity index (χ3n) is 2.33. The molecular weight excluding hydrogens is 204 g/mol. The molecule has 4 heteroatoms. The molecule has 0 bridgehead atoms. The maximum atomic E-state index is 11.4. The van der Waals surface area contributed by atoms with Crippen LogP contribution in [0.1, 0.15) is 40.5 Å². The van der Waals surface area contributed by atoms with Crippen LogP contribution in [-0.2, 0) is 4.79 Å². The van der Waals surface area contributed by atoms with Crippen molar-refractivity contribution in [3.05, 3.63) is 0 Å². The standard InChI is InChI=1S/C12H26N2O2/c1-10(2)13-7-5-6-11(16)14-8-12(3,4)9-15/h10,13,15H,5-9H2,1-4H3,(H,14,16). The Kier molecular flexibility index (Phi) is 7.34. The molecule has 0 saturated heterocycles. The molecule has 4 nitrogen and oxygen atoms in total. The fourth-order valence-electron chi connectivity index (χ4n) is 1.12. The number of carbonyl (C=O) groups excluding carboxylic acids is 1. The highest BCUT2D eigenvalue weighted by Crippen LogP contribution is 2.11. The summed E-state index contributed by atoms with van der Waals surface area (Å²) in [6, 6.07) is 0.469. The maximum absolute atomic E-state index is 11.4. The summed E-state index contributed by atoms with van der Waals surface area (Å²) in [5, 5.41) is 15.1. The van der Waals surface area contributed by atoms with Crippen LogP contribution in [0.3, 0.4) is 0 Å². The van der Waals surface area contributed by atoms with Crippen LogP contribution in [0.2, 0.25) is 0 Å². The molecule has 0 atom stereocenters. The molecule has 0 aromatic carbocycles. The molecule has 0 saturated carbocycles. The largest absolute Gasteiger partial charge is 0.396 e. The van der Waals surface area contributed by atoms with Gasteiger partial charge in [-0.2, -0.15) is 0 Å². The Bertz CT molecular complexity index is 203. The summed E-state index contributed by atoms with van der Waals surface area (Å²) in [4.78, 5) is 11.4. The summed E-state index contributed by atoms with van der Waals surface area (Å²) in [5.41, 5.74) is -0.230. The van der Waals surface area contributed by atoms with E-state index in [1.54, 1.807) is 0 Å². The van der Waals surface area contributed by atoms with Gasteiger partial charge in [-0.15, -0.1) is 0 Å². The Morgan fingerprint density at radius 1 is 1.38 bits per heavy atom. The molecule has 96 valence electrons. The second-order valence-electron chi connectivity index (χ2n) is 5.31. The molecule has 16 heavy (non-hydrogen) atoms. The minimum absolute atomic E-state index is 0.0621. The van der Waals surface area contributed by atoms with E-state index in [-0.39, 0.29) is 17.9 Å². The van der Waals surface area contributed by atoms with Gasteiger partial charge in [-0.05, 0) is 13.0 Å². The predicted octanol–water partition coefficient (Wildman–Crippen LogP) is 0.899. The van der Waals surface area contributed by atoms with E-state index in [1.165, 1.54) is 0 Å². The van der Waals surface area contributed by atoms with Crippen LogP contribution in [0, 0.1) is 5.41 Å². The molecule has 0 aromatic rings. The first kappa shape index (κ1) is 15.4. The molecule has 1 amide bonds. The Hall–Kier alpha value is -0.610. The number of hydrogen-bond donors (Lipinski definition) is 3. The van der Waals surface area contributed by atoms with Crippen LogP contribution in [0.25, 0.3) is 0 Å². The van der Waals surface area contributed by atoms with Gasteiger partial charge < -0.3 is 15.7 Å². The number of amides is 1. The molecular formula is C12H26N2O2. The first-order valence-corrected chi connectivity index (χ1v) is 5.98.